The van der Waals surface area contributed by atoms with E-state index >= 15 is 0 Å². The van der Waals surface area contributed by atoms with Gasteiger partial charge in [0.25, 0.3) is 5.91 Å². The number of nitriles is 1. The SMILES string of the molecule is CCOc1cc(C#N)cc(Br)c1OCC(=O)NC(C)C(C)C. The first-order valence-electron chi connectivity index (χ1n) is 7.17. The summed E-state index contributed by atoms with van der Waals surface area (Å²) in [6.45, 7) is 8.20. The van der Waals surface area contributed by atoms with Crippen molar-refractivity contribution in [2.75, 3.05) is 13.2 Å². The lowest BCUT2D eigenvalue weighted by Gasteiger charge is -2.18. The van der Waals surface area contributed by atoms with E-state index in [1.54, 1.807) is 12.1 Å². The van der Waals surface area contributed by atoms with Crippen molar-refractivity contribution in [3.05, 3.63) is 22.2 Å². The number of amides is 1. The molecule has 5 nitrogen and oxygen atoms in total. The molecule has 1 aromatic rings. The van der Waals surface area contributed by atoms with Crippen molar-refractivity contribution in [1.29, 1.82) is 5.26 Å². The summed E-state index contributed by atoms with van der Waals surface area (Å²) in [5, 5.41) is 11.9. The Labute approximate surface area is 139 Å². The quantitative estimate of drug-likeness (QED) is 0.801. The summed E-state index contributed by atoms with van der Waals surface area (Å²) in [4.78, 5) is 11.9. The summed E-state index contributed by atoms with van der Waals surface area (Å²) >= 11 is 3.35. The lowest BCUT2D eigenvalue weighted by molar-refractivity contribution is -0.124. The number of halogens is 1. The normalized spacial score (nSPS) is 11.7. The number of hydrogen-bond donors (Lipinski definition) is 1. The topological polar surface area (TPSA) is 71.3 Å². The molecule has 120 valence electrons. The Morgan fingerprint density at radius 1 is 1.36 bits per heavy atom. The number of rotatable bonds is 7. The molecule has 1 rings (SSSR count). The summed E-state index contributed by atoms with van der Waals surface area (Å²) < 4.78 is 11.6. The lowest BCUT2D eigenvalue weighted by Crippen LogP contribution is -2.39. The summed E-state index contributed by atoms with van der Waals surface area (Å²) in [6, 6.07) is 5.36. The van der Waals surface area contributed by atoms with E-state index in [1.165, 1.54) is 0 Å². The second-order valence-corrected chi connectivity index (χ2v) is 6.07. The van der Waals surface area contributed by atoms with Crippen LogP contribution in [0.3, 0.4) is 0 Å². The molecule has 0 aliphatic rings. The van der Waals surface area contributed by atoms with Crippen molar-refractivity contribution in [2.45, 2.75) is 33.7 Å². The van der Waals surface area contributed by atoms with Crippen LogP contribution in [0.5, 0.6) is 11.5 Å². The first-order chi connectivity index (χ1) is 10.4. The summed E-state index contributed by atoms with van der Waals surface area (Å²) in [5.74, 6) is 1.02. The highest BCUT2D eigenvalue weighted by atomic mass is 79.9. The maximum atomic E-state index is 11.9. The third-order valence-corrected chi connectivity index (χ3v) is 3.76. The Balaban J connectivity index is 2.80. The number of hydrogen-bond acceptors (Lipinski definition) is 4. The van der Waals surface area contributed by atoms with Crippen molar-refractivity contribution in [3.8, 4) is 17.6 Å². The molecular weight excluding hydrogens is 348 g/mol. The minimum atomic E-state index is -0.195. The van der Waals surface area contributed by atoms with Crippen LogP contribution in [0.15, 0.2) is 16.6 Å². The second kappa shape index (κ2) is 8.64. The van der Waals surface area contributed by atoms with Gasteiger partial charge in [0.15, 0.2) is 18.1 Å². The van der Waals surface area contributed by atoms with E-state index in [0.29, 0.717) is 34.1 Å². The molecule has 0 bridgehead atoms. The standard InChI is InChI=1S/C16H21BrN2O3/c1-5-21-14-7-12(8-18)6-13(17)16(14)22-9-15(20)19-11(4)10(2)3/h6-7,10-11H,5,9H2,1-4H3,(H,19,20). The predicted molar refractivity (Wildman–Crippen MR) is 88.0 cm³/mol. The Bertz CT molecular complexity index is 567. The van der Waals surface area contributed by atoms with Gasteiger partial charge >= 0.3 is 0 Å². The van der Waals surface area contributed by atoms with Gasteiger partial charge in [-0.2, -0.15) is 5.26 Å². The van der Waals surface area contributed by atoms with Gasteiger partial charge in [0, 0.05) is 12.1 Å². The van der Waals surface area contributed by atoms with Crippen LogP contribution in [0.2, 0.25) is 0 Å². The monoisotopic (exact) mass is 368 g/mol. The van der Waals surface area contributed by atoms with Gasteiger partial charge < -0.3 is 14.8 Å². The minimum absolute atomic E-state index is 0.0758. The largest absolute Gasteiger partial charge is 0.490 e. The van der Waals surface area contributed by atoms with Crippen molar-refractivity contribution >= 4 is 21.8 Å². The molecule has 0 aliphatic heterocycles. The first kappa shape index (κ1) is 18.3. The average molecular weight is 369 g/mol. The van der Waals surface area contributed by atoms with Crippen LogP contribution in [0.4, 0.5) is 0 Å². The molecule has 1 amide bonds. The molecule has 22 heavy (non-hydrogen) atoms. The molecule has 0 radical (unpaired) electrons. The van der Waals surface area contributed by atoms with Gasteiger partial charge in [-0.1, -0.05) is 13.8 Å². The van der Waals surface area contributed by atoms with Gasteiger partial charge in [0.2, 0.25) is 0 Å². The van der Waals surface area contributed by atoms with Gasteiger partial charge in [-0.3, -0.25) is 4.79 Å². The van der Waals surface area contributed by atoms with Crippen molar-refractivity contribution < 1.29 is 14.3 Å². The zero-order valence-electron chi connectivity index (χ0n) is 13.3. The van der Waals surface area contributed by atoms with Crippen LogP contribution < -0.4 is 14.8 Å². The molecule has 0 saturated heterocycles. The van der Waals surface area contributed by atoms with E-state index in [9.17, 15) is 4.79 Å². The zero-order valence-corrected chi connectivity index (χ0v) is 14.9. The third kappa shape index (κ3) is 5.23. The number of carbonyl (C=O) groups is 1. The van der Waals surface area contributed by atoms with E-state index in [4.69, 9.17) is 14.7 Å². The number of nitrogens with one attached hydrogen (secondary N) is 1. The molecule has 1 N–H and O–H groups in total. The lowest BCUT2D eigenvalue weighted by atomic mass is 10.1. The van der Waals surface area contributed by atoms with Gasteiger partial charge in [-0.25, -0.2) is 0 Å². The summed E-state index contributed by atoms with van der Waals surface area (Å²) in [5.41, 5.74) is 0.459. The Hall–Kier alpha value is -1.74. The molecule has 0 saturated carbocycles. The fraction of sp³-hybridized carbons (Fsp3) is 0.500. The van der Waals surface area contributed by atoms with Gasteiger partial charge in [0.05, 0.1) is 22.7 Å². The minimum Gasteiger partial charge on any atom is -0.490 e. The Morgan fingerprint density at radius 2 is 2.05 bits per heavy atom. The van der Waals surface area contributed by atoms with E-state index in [-0.39, 0.29) is 18.6 Å². The van der Waals surface area contributed by atoms with Crippen LogP contribution in [-0.2, 0) is 4.79 Å². The molecule has 0 aliphatic carbocycles. The Kier molecular flexibility index (Phi) is 7.19. The first-order valence-corrected chi connectivity index (χ1v) is 7.96. The van der Waals surface area contributed by atoms with Crippen LogP contribution in [-0.4, -0.2) is 25.2 Å². The summed E-state index contributed by atoms with van der Waals surface area (Å²) in [6.07, 6.45) is 0. The Morgan fingerprint density at radius 3 is 2.59 bits per heavy atom. The highest BCUT2D eigenvalue weighted by molar-refractivity contribution is 9.10. The van der Waals surface area contributed by atoms with Gasteiger partial charge in [0.1, 0.15) is 0 Å². The second-order valence-electron chi connectivity index (χ2n) is 5.22. The maximum Gasteiger partial charge on any atom is 0.258 e. The van der Waals surface area contributed by atoms with Crippen LogP contribution in [0.1, 0.15) is 33.3 Å². The van der Waals surface area contributed by atoms with Crippen molar-refractivity contribution in [3.63, 3.8) is 0 Å². The highest BCUT2D eigenvalue weighted by Gasteiger charge is 2.15. The fourth-order valence-corrected chi connectivity index (χ4v) is 2.19. The fourth-order valence-electron chi connectivity index (χ4n) is 1.64. The van der Waals surface area contributed by atoms with Crippen molar-refractivity contribution in [2.24, 2.45) is 5.92 Å². The molecule has 0 heterocycles. The molecular formula is C16H21BrN2O3. The number of benzene rings is 1. The van der Waals surface area contributed by atoms with Crippen molar-refractivity contribution in [1.82, 2.24) is 5.32 Å². The van der Waals surface area contributed by atoms with E-state index in [2.05, 4.69) is 27.3 Å². The van der Waals surface area contributed by atoms with E-state index in [1.807, 2.05) is 27.7 Å². The van der Waals surface area contributed by atoms with Crippen LogP contribution >= 0.6 is 15.9 Å². The molecule has 1 atom stereocenters. The summed E-state index contributed by atoms with van der Waals surface area (Å²) in [7, 11) is 0. The molecule has 0 fully saturated rings. The highest BCUT2D eigenvalue weighted by Crippen LogP contribution is 2.36. The number of carbonyl (C=O) groups excluding carboxylic acids is 1. The van der Waals surface area contributed by atoms with E-state index in [0.717, 1.165) is 0 Å². The van der Waals surface area contributed by atoms with Crippen LogP contribution in [0, 0.1) is 17.2 Å². The van der Waals surface area contributed by atoms with Crippen LogP contribution in [0.25, 0.3) is 0 Å². The van der Waals surface area contributed by atoms with E-state index < -0.39 is 0 Å². The smallest absolute Gasteiger partial charge is 0.258 e. The number of nitrogens with zero attached hydrogens (tertiary/aromatic N) is 1. The third-order valence-electron chi connectivity index (χ3n) is 3.17. The molecule has 1 unspecified atom stereocenters. The zero-order chi connectivity index (χ0) is 16.7. The van der Waals surface area contributed by atoms with Gasteiger partial charge in [-0.15, -0.1) is 0 Å². The molecule has 0 spiro atoms. The molecule has 1 aromatic carbocycles. The maximum absolute atomic E-state index is 11.9. The van der Waals surface area contributed by atoms with Gasteiger partial charge in [-0.05, 0) is 41.8 Å². The molecule has 0 aromatic heterocycles. The average Bonchev–Trinajstić information content (AvgIpc) is 2.46. The predicted octanol–water partition coefficient (Wildman–Crippen LogP) is 3.26. The molecule has 6 heteroatoms. The number of ether oxygens (including phenoxy) is 2.